The number of nitrogens with zero attached hydrogens (tertiary/aromatic N) is 3. The molecular formula is C21H26N4O. The van der Waals surface area contributed by atoms with Crippen molar-refractivity contribution in [2.24, 2.45) is 0 Å². The lowest BCUT2D eigenvalue weighted by atomic mass is 10.0. The second-order valence-corrected chi connectivity index (χ2v) is 7.23. The van der Waals surface area contributed by atoms with Gasteiger partial charge in [0.2, 0.25) is 5.91 Å². The summed E-state index contributed by atoms with van der Waals surface area (Å²) in [5, 5.41) is 7.68. The number of nitrogens with one attached hydrogen (secondary N) is 1. The van der Waals surface area contributed by atoms with E-state index in [9.17, 15) is 4.79 Å². The fourth-order valence-corrected chi connectivity index (χ4v) is 3.17. The van der Waals surface area contributed by atoms with Crippen molar-refractivity contribution in [2.75, 3.05) is 0 Å². The van der Waals surface area contributed by atoms with E-state index in [0.717, 1.165) is 22.5 Å². The fraction of sp³-hybridized carbons (Fsp3) is 0.333. The van der Waals surface area contributed by atoms with E-state index in [2.05, 4.69) is 29.5 Å². The van der Waals surface area contributed by atoms with Gasteiger partial charge in [-0.3, -0.25) is 4.79 Å². The van der Waals surface area contributed by atoms with Crippen LogP contribution in [0.25, 0.3) is 5.69 Å². The van der Waals surface area contributed by atoms with Gasteiger partial charge in [0, 0.05) is 23.7 Å². The Labute approximate surface area is 154 Å². The molecule has 2 aromatic heterocycles. The van der Waals surface area contributed by atoms with E-state index in [1.165, 1.54) is 0 Å². The van der Waals surface area contributed by atoms with Crippen molar-refractivity contribution in [2.45, 2.75) is 46.2 Å². The molecule has 0 spiro atoms. The predicted molar refractivity (Wildman–Crippen MR) is 103 cm³/mol. The number of hydrogen-bond donors (Lipinski definition) is 1. The number of aryl methyl sites for hydroxylation is 1. The highest BCUT2D eigenvalue weighted by Gasteiger charge is 2.30. The summed E-state index contributed by atoms with van der Waals surface area (Å²) >= 11 is 0. The SMILES string of the molecule is Cc1ccccc1-n1ncc(C(C)NC(=O)C(C)(C)n2cccc2)c1C. The lowest BCUT2D eigenvalue weighted by Gasteiger charge is -2.28. The molecule has 1 unspecified atom stereocenters. The van der Waals surface area contributed by atoms with Crippen LogP contribution in [0.5, 0.6) is 0 Å². The maximum atomic E-state index is 12.8. The molecule has 0 bridgehead atoms. The van der Waals surface area contributed by atoms with Crippen LogP contribution in [0.1, 0.15) is 43.6 Å². The molecule has 5 heteroatoms. The number of rotatable bonds is 5. The fourth-order valence-electron chi connectivity index (χ4n) is 3.17. The minimum atomic E-state index is -0.655. The predicted octanol–water partition coefficient (Wildman–Crippen LogP) is 3.90. The van der Waals surface area contributed by atoms with Crippen molar-refractivity contribution in [1.82, 2.24) is 19.7 Å². The van der Waals surface area contributed by atoms with Crippen molar-refractivity contribution in [1.29, 1.82) is 0 Å². The zero-order valence-corrected chi connectivity index (χ0v) is 16.0. The van der Waals surface area contributed by atoms with Gasteiger partial charge in [-0.15, -0.1) is 0 Å². The van der Waals surface area contributed by atoms with Gasteiger partial charge in [-0.2, -0.15) is 5.10 Å². The molecule has 1 amide bonds. The topological polar surface area (TPSA) is 51.9 Å². The molecular weight excluding hydrogens is 324 g/mol. The zero-order valence-electron chi connectivity index (χ0n) is 16.0. The summed E-state index contributed by atoms with van der Waals surface area (Å²) in [4.78, 5) is 12.8. The Hall–Kier alpha value is -2.82. The zero-order chi connectivity index (χ0) is 18.9. The van der Waals surface area contributed by atoms with Gasteiger partial charge in [-0.25, -0.2) is 4.68 Å². The number of benzene rings is 1. The first kappa shape index (κ1) is 18.0. The number of carbonyl (C=O) groups excluding carboxylic acids is 1. The summed E-state index contributed by atoms with van der Waals surface area (Å²) in [6, 6.07) is 11.9. The Morgan fingerprint density at radius 1 is 1.12 bits per heavy atom. The number of amides is 1. The lowest BCUT2D eigenvalue weighted by Crippen LogP contribution is -2.44. The standard InChI is InChI=1S/C21H26N4O/c1-15-10-6-7-11-19(15)25-17(3)18(14-22-25)16(2)23-20(26)21(4,5)24-12-8-9-13-24/h6-14,16H,1-5H3,(H,23,26). The molecule has 5 nitrogen and oxygen atoms in total. The van der Waals surface area contributed by atoms with Crippen molar-refractivity contribution < 1.29 is 4.79 Å². The van der Waals surface area contributed by atoms with Crippen molar-refractivity contribution in [3.63, 3.8) is 0 Å². The lowest BCUT2D eigenvalue weighted by molar-refractivity contribution is -0.129. The first-order valence-electron chi connectivity index (χ1n) is 8.87. The number of carbonyl (C=O) groups is 1. The molecule has 0 saturated heterocycles. The van der Waals surface area contributed by atoms with Crippen molar-refractivity contribution in [3.8, 4) is 5.69 Å². The number of hydrogen-bond acceptors (Lipinski definition) is 2. The average molecular weight is 350 g/mol. The van der Waals surface area contributed by atoms with Gasteiger partial charge < -0.3 is 9.88 Å². The normalized spacial score (nSPS) is 12.8. The third-order valence-electron chi connectivity index (χ3n) is 5.01. The Kier molecular flexibility index (Phi) is 4.72. The van der Waals surface area contributed by atoms with Crippen LogP contribution in [0.2, 0.25) is 0 Å². The second kappa shape index (κ2) is 6.83. The van der Waals surface area contributed by atoms with E-state index in [1.54, 1.807) is 0 Å². The van der Waals surface area contributed by atoms with Gasteiger partial charge >= 0.3 is 0 Å². The smallest absolute Gasteiger partial charge is 0.246 e. The molecule has 26 heavy (non-hydrogen) atoms. The average Bonchev–Trinajstić information content (AvgIpc) is 3.25. The summed E-state index contributed by atoms with van der Waals surface area (Å²) in [6.45, 7) is 9.93. The van der Waals surface area contributed by atoms with Crippen molar-refractivity contribution in [3.05, 3.63) is 71.8 Å². The van der Waals surface area contributed by atoms with Gasteiger partial charge in [-0.1, -0.05) is 18.2 Å². The second-order valence-electron chi connectivity index (χ2n) is 7.23. The van der Waals surface area contributed by atoms with Gasteiger partial charge in [0.05, 0.1) is 17.9 Å². The highest BCUT2D eigenvalue weighted by Crippen LogP contribution is 2.23. The Morgan fingerprint density at radius 3 is 2.42 bits per heavy atom. The Balaban J connectivity index is 1.82. The molecule has 1 aromatic carbocycles. The van der Waals surface area contributed by atoms with E-state index >= 15 is 0 Å². The van der Waals surface area contributed by atoms with Crippen LogP contribution in [-0.2, 0) is 10.3 Å². The third-order valence-corrected chi connectivity index (χ3v) is 5.01. The summed E-state index contributed by atoms with van der Waals surface area (Å²) in [5.41, 5.74) is 3.62. The van der Waals surface area contributed by atoms with Crippen LogP contribution in [0, 0.1) is 13.8 Å². The van der Waals surface area contributed by atoms with Crippen LogP contribution in [0.15, 0.2) is 55.0 Å². The van der Waals surface area contributed by atoms with Crippen molar-refractivity contribution >= 4 is 5.91 Å². The van der Waals surface area contributed by atoms with E-state index in [4.69, 9.17) is 0 Å². The molecule has 0 aliphatic heterocycles. The van der Waals surface area contributed by atoms with Gasteiger partial charge in [-0.05, 0) is 58.4 Å². The highest BCUT2D eigenvalue weighted by molar-refractivity contribution is 5.84. The van der Waals surface area contributed by atoms with E-state index in [1.807, 2.05) is 79.8 Å². The largest absolute Gasteiger partial charge is 0.347 e. The van der Waals surface area contributed by atoms with Crippen LogP contribution < -0.4 is 5.32 Å². The molecule has 0 saturated carbocycles. The molecule has 1 atom stereocenters. The van der Waals surface area contributed by atoms with Crippen LogP contribution in [-0.4, -0.2) is 20.3 Å². The maximum Gasteiger partial charge on any atom is 0.246 e. The maximum absolute atomic E-state index is 12.8. The van der Waals surface area contributed by atoms with Crippen LogP contribution in [0.3, 0.4) is 0 Å². The Morgan fingerprint density at radius 2 is 1.77 bits per heavy atom. The molecule has 2 heterocycles. The minimum absolute atomic E-state index is 0.0239. The number of aromatic nitrogens is 3. The first-order valence-corrected chi connectivity index (χ1v) is 8.87. The van der Waals surface area contributed by atoms with Crippen LogP contribution in [0.4, 0.5) is 0 Å². The highest BCUT2D eigenvalue weighted by atomic mass is 16.2. The summed E-state index contributed by atoms with van der Waals surface area (Å²) < 4.78 is 3.85. The molecule has 3 rings (SSSR count). The van der Waals surface area contributed by atoms with Gasteiger partial charge in [0.25, 0.3) is 0 Å². The Bertz CT molecular complexity index is 906. The molecule has 136 valence electrons. The van der Waals surface area contributed by atoms with E-state index in [-0.39, 0.29) is 11.9 Å². The monoisotopic (exact) mass is 350 g/mol. The van der Waals surface area contributed by atoms with Crippen LogP contribution >= 0.6 is 0 Å². The summed E-state index contributed by atoms with van der Waals surface area (Å²) in [5.74, 6) is -0.0239. The number of para-hydroxylation sites is 1. The molecule has 1 N–H and O–H groups in total. The minimum Gasteiger partial charge on any atom is -0.347 e. The third kappa shape index (κ3) is 3.17. The molecule has 3 aromatic rings. The molecule has 0 radical (unpaired) electrons. The first-order chi connectivity index (χ1) is 12.3. The molecule has 0 aliphatic rings. The summed E-state index contributed by atoms with van der Waals surface area (Å²) in [6.07, 6.45) is 5.66. The van der Waals surface area contributed by atoms with Gasteiger partial charge in [0.15, 0.2) is 0 Å². The summed E-state index contributed by atoms with van der Waals surface area (Å²) in [7, 11) is 0. The quantitative estimate of drug-likeness (QED) is 0.759. The van der Waals surface area contributed by atoms with E-state index < -0.39 is 5.54 Å². The van der Waals surface area contributed by atoms with Gasteiger partial charge in [0.1, 0.15) is 5.54 Å². The molecule has 0 aliphatic carbocycles. The molecule has 0 fully saturated rings. The van der Waals surface area contributed by atoms with E-state index in [0.29, 0.717) is 0 Å².